The van der Waals surface area contributed by atoms with Gasteiger partial charge in [0.15, 0.2) is 0 Å². The molecule has 0 spiro atoms. The second-order valence-electron chi connectivity index (χ2n) is 6.29. The van der Waals surface area contributed by atoms with Crippen LogP contribution in [0.4, 0.5) is 0 Å². The van der Waals surface area contributed by atoms with Crippen LogP contribution in [0.3, 0.4) is 0 Å². The van der Waals surface area contributed by atoms with Gasteiger partial charge >= 0.3 is 5.97 Å². The van der Waals surface area contributed by atoms with Crippen LogP contribution in [0.15, 0.2) is 0 Å². The number of rotatable bonds is 10. The summed E-state index contributed by atoms with van der Waals surface area (Å²) >= 11 is 0. The molecule has 0 radical (unpaired) electrons. The third-order valence-corrected chi connectivity index (χ3v) is 4.31. The molecule has 0 saturated heterocycles. The minimum atomic E-state index is -0.592. The van der Waals surface area contributed by atoms with Gasteiger partial charge in [-0.15, -0.1) is 0 Å². The molecule has 118 valence electrons. The lowest BCUT2D eigenvalue weighted by atomic mass is 9.92. The highest BCUT2D eigenvalue weighted by Gasteiger charge is 2.36. The molecule has 2 atom stereocenters. The summed E-state index contributed by atoms with van der Waals surface area (Å²) in [5, 5.41) is 3.16. The number of carbonyl (C=O) groups is 1. The number of likely N-dealkylation sites (N-methyl/N-ethyl adjacent to an activating group) is 1. The Hall–Kier alpha value is -0.610. The van der Waals surface area contributed by atoms with Crippen LogP contribution in [0.2, 0.25) is 0 Å². The third-order valence-electron chi connectivity index (χ3n) is 4.31. The number of nitrogens with zero attached hydrogens (tertiary/aromatic N) is 1. The van der Waals surface area contributed by atoms with Gasteiger partial charge in [-0.25, -0.2) is 0 Å². The van der Waals surface area contributed by atoms with E-state index in [1.807, 2.05) is 20.9 Å². The quantitative estimate of drug-likeness (QED) is 0.626. The summed E-state index contributed by atoms with van der Waals surface area (Å²) in [5.41, 5.74) is -0.592. The largest absolute Gasteiger partial charge is 0.465 e. The van der Waals surface area contributed by atoms with Crippen LogP contribution >= 0.6 is 0 Å². The first-order chi connectivity index (χ1) is 9.46. The predicted molar refractivity (Wildman–Crippen MR) is 82.8 cm³/mol. The van der Waals surface area contributed by atoms with Crippen molar-refractivity contribution in [1.29, 1.82) is 0 Å². The smallest absolute Gasteiger partial charge is 0.326 e. The number of hydrogen-bond donors (Lipinski definition) is 1. The Morgan fingerprint density at radius 3 is 2.55 bits per heavy atom. The number of ether oxygens (including phenoxy) is 1. The molecule has 0 aromatic heterocycles. The van der Waals surface area contributed by atoms with Crippen LogP contribution < -0.4 is 5.32 Å². The highest BCUT2D eigenvalue weighted by Crippen LogP contribution is 2.31. The van der Waals surface area contributed by atoms with E-state index < -0.39 is 5.54 Å². The molecule has 1 N–H and O–H groups in total. The van der Waals surface area contributed by atoms with Gasteiger partial charge in [0, 0.05) is 12.6 Å². The average molecular weight is 284 g/mol. The summed E-state index contributed by atoms with van der Waals surface area (Å²) in [6.45, 7) is 11.0. The van der Waals surface area contributed by atoms with Gasteiger partial charge in [-0.1, -0.05) is 6.92 Å². The minimum absolute atomic E-state index is 0.141. The number of carbonyl (C=O) groups excluding carboxylic acids is 1. The first-order valence-corrected chi connectivity index (χ1v) is 8.07. The molecule has 0 aromatic rings. The normalized spacial score (nSPS) is 19.7. The van der Waals surface area contributed by atoms with Crippen LogP contribution in [0.5, 0.6) is 0 Å². The maximum absolute atomic E-state index is 12.1. The molecule has 0 aromatic carbocycles. The van der Waals surface area contributed by atoms with Crippen molar-refractivity contribution >= 4 is 5.97 Å². The summed E-state index contributed by atoms with van der Waals surface area (Å²) in [6.07, 6.45) is 4.68. The fourth-order valence-electron chi connectivity index (χ4n) is 2.71. The van der Waals surface area contributed by atoms with E-state index in [0.29, 0.717) is 12.6 Å². The average Bonchev–Trinajstić information content (AvgIpc) is 3.22. The Bertz CT molecular complexity index is 305. The molecule has 4 heteroatoms. The van der Waals surface area contributed by atoms with E-state index in [9.17, 15) is 4.79 Å². The molecular weight excluding hydrogens is 252 g/mol. The van der Waals surface area contributed by atoms with Crippen molar-refractivity contribution in [2.24, 2.45) is 5.92 Å². The van der Waals surface area contributed by atoms with E-state index in [1.54, 1.807) is 0 Å². The number of hydrogen-bond acceptors (Lipinski definition) is 4. The first-order valence-electron chi connectivity index (χ1n) is 8.07. The van der Waals surface area contributed by atoms with E-state index >= 15 is 0 Å². The molecule has 1 fully saturated rings. The molecule has 0 amide bonds. The Labute approximate surface area is 124 Å². The van der Waals surface area contributed by atoms with Gasteiger partial charge in [0.2, 0.25) is 0 Å². The summed E-state index contributed by atoms with van der Waals surface area (Å²) in [5.74, 6) is 0.740. The Kier molecular flexibility index (Phi) is 6.96. The molecule has 0 bridgehead atoms. The second kappa shape index (κ2) is 7.99. The molecule has 2 unspecified atom stereocenters. The van der Waals surface area contributed by atoms with Crippen molar-refractivity contribution in [2.45, 2.75) is 65.0 Å². The minimum Gasteiger partial charge on any atom is -0.465 e. The molecule has 20 heavy (non-hydrogen) atoms. The molecule has 4 nitrogen and oxygen atoms in total. The molecule has 0 aliphatic heterocycles. The Balaban J connectivity index is 2.61. The van der Waals surface area contributed by atoms with Crippen molar-refractivity contribution in [1.82, 2.24) is 10.2 Å². The lowest BCUT2D eigenvalue weighted by Gasteiger charge is -2.35. The molecule has 1 rings (SSSR count). The Morgan fingerprint density at radius 2 is 2.10 bits per heavy atom. The zero-order chi connectivity index (χ0) is 15.2. The van der Waals surface area contributed by atoms with Crippen LogP contribution in [0.25, 0.3) is 0 Å². The zero-order valence-electron chi connectivity index (χ0n) is 13.9. The van der Waals surface area contributed by atoms with Crippen molar-refractivity contribution < 1.29 is 9.53 Å². The van der Waals surface area contributed by atoms with E-state index in [-0.39, 0.29) is 5.97 Å². The summed E-state index contributed by atoms with van der Waals surface area (Å²) in [6, 6.07) is 0.386. The van der Waals surface area contributed by atoms with Gasteiger partial charge in [0.1, 0.15) is 5.54 Å². The van der Waals surface area contributed by atoms with Crippen LogP contribution in [0, 0.1) is 5.92 Å². The van der Waals surface area contributed by atoms with E-state index in [2.05, 4.69) is 24.1 Å². The molecule has 1 aliphatic rings. The topological polar surface area (TPSA) is 41.6 Å². The standard InChI is InChI=1S/C16H32N2O2/c1-6-10-18(12-14-8-9-14)13(3)11-16(4,17-5)15(19)20-7-2/h13-14,17H,6-12H2,1-5H3. The van der Waals surface area contributed by atoms with E-state index in [0.717, 1.165) is 25.3 Å². The lowest BCUT2D eigenvalue weighted by molar-refractivity contribution is -0.151. The lowest BCUT2D eigenvalue weighted by Crippen LogP contribution is -2.53. The van der Waals surface area contributed by atoms with Crippen LogP contribution in [0.1, 0.15) is 53.4 Å². The summed E-state index contributed by atoms with van der Waals surface area (Å²) in [7, 11) is 1.84. The first kappa shape index (κ1) is 17.4. The van der Waals surface area contributed by atoms with Gasteiger partial charge in [-0.2, -0.15) is 0 Å². The summed E-state index contributed by atoms with van der Waals surface area (Å²) < 4.78 is 5.21. The third kappa shape index (κ3) is 5.06. The van der Waals surface area contributed by atoms with Gasteiger partial charge in [0.25, 0.3) is 0 Å². The summed E-state index contributed by atoms with van der Waals surface area (Å²) in [4.78, 5) is 14.7. The second-order valence-corrected chi connectivity index (χ2v) is 6.29. The van der Waals surface area contributed by atoms with Gasteiger partial charge in [0.05, 0.1) is 6.61 Å². The van der Waals surface area contributed by atoms with Crippen molar-refractivity contribution in [2.75, 3.05) is 26.7 Å². The van der Waals surface area contributed by atoms with Crippen LogP contribution in [-0.2, 0) is 9.53 Å². The van der Waals surface area contributed by atoms with E-state index in [1.165, 1.54) is 19.4 Å². The maximum Gasteiger partial charge on any atom is 0.326 e. The highest BCUT2D eigenvalue weighted by atomic mass is 16.5. The Morgan fingerprint density at radius 1 is 1.45 bits per heavy atom. The SMILES string of the molecule is CCCN(CC1CC1)C(C)CC(C)(NC)C(=O)OCC. The highest BCUT2D eigenvalue weighted by molar-refractivity contribution is 5.80. The van der Waals surface area contributed by atoms with Gasteiger partial charge in [-0.3, -0.25) is 4.79 Å². The van der Waals surface area contributed by atoms with Gasteiger partial charge in [-0.05, 0) is 66.0 Å². The van der Waals surface area contributed by atoms with Crippen molar-refractivity contribution in [3.63, 3.8) is 0 Å². The monoisotopic (exact) mass is 284 g/mol. The van der Waals surface area contributed by atoms with Crippen molar-refractivity contribution in [3.8, 4) is 0 Å². The maximum atomic E-state index is 12.1. The van der Waals surface area contributed by atoms with Gasteiger partial charge < -0.3 is 15.0 Å². The van der Waals surface area contributed by atoms with E-state index in [4.69, 9.17) is 4.74 Å². The fourth-order valence-corrected chi connectivity index (χ4v) is 2.71. The van der Waals surface area contributed by atoms with Crippen molar-refractivity contribution in [3.05, 3.63) is 0 Å². The molecule has 0 heterocycles. The van der Waals surface area contributed by atoms with Crippen LogP contribution in [-0.4, -0.2) is 49.2 Å². The molecule has 1 aliphatic carbocycles. The number of nitrogens with one attached hydrogen (secondary N) is 1. The number of esters is 1. The zero-order valence-corrected chi connectivity index (χ0v) is 13.9. The predicted octanol–water partition coefficient (Wildman–Crippen LogP) is 2.43. The molecule has 1 saturated carbocycles. The molecular formula is C16H32N2O2. The fraction of sp³-hybridized carbons (Fsp3) is 0.938.